The lowest BCUT2D eigenvalue weighted by molar-refractivity contribution is 0.282. The van der Waals surface area contributed by atoms with Crippen molar-refractivity contribution in [1.29, 1.82) is 0 Å². The number of halogens is 2. The second kappa shape index (κ2) is 11.0. The maximum Gasteiger partial charge on any atom is 0.0492 e. The summed E-state index contributed by atoms with van der Waals surface area (Å²) < 4.78 is 5.13. The van der Waals surface area contributed by atoms with Gasteiger partial charge in [-0.25, -0.2) is 0 Å². The second-order valence-electron chi connectivity index (χ2n) is 7.38. The third-order valence-electron chi connectivity index (χ3n) is 5.33. The molecule has 2 nitrogen and oxygen atoms in total. The first-order chi connectivity index (χ1) is 13.2. The molecule has 1 aromatic heterocycles. The number of hydrogen-bond donors (Lipinski definition) is 1. The van der Waals surface area contributed by atoms with Crippen molar-refractivity contribution in [2.24, 2.45) is 0 Å². The van der Waals surface area contributed by atoms with Crippen LogP contribution in [-0.2, 0) is 6.54 Å². The average Bonchev–Trinajstić information content (AvgIpc) is 2.95. The molecule has 0 fully saturated rings. The fourth-order valence-electron chi connectivity index (χ4n) is 3.91. The minimum atomic E-state index is 0.348. The Balaban J connectivity index is 1.55. The van der Waals surface area contributed by atoms with Crippen LogP contribution in [0.3, 0.4) is 0 Å². The highest BCUT2D eigenvalue weighted by Crippen LogP contribution is 2.31. The number of benzene rings is 2. The largest absolute Gasteiger partial charge is 0.396 e. The molecule has 0 amide bonds. The molecular weight excluding hydrogens is 560 g/mol. The minimum absolute atomic E-state index is 0.348. The van der Waals surface area contributed by atoms with Crippen molar-refractivity contribution in [1.82, 2.24) is 4.57 Å². The van der Waals surface area contributed by atoms with Crippen molar-refractivity contribution < 1.29 is 5.11 Å². The highest BCUT2D eigenvalue weighted by Gasteiger charge is 2.11. The van der Waals surface area contributed by atoms with Crippen molar-refractivity contribution in [2.75, 3.05) is 6.61 Å². The number of fused-ring (bicyclic) bond motifs is 3. The zero-order valence-electron chi connectivity index (χ0n) is 15.9. The van der Waals surface area contributed by atoms with E-state index in [1.54, 1.807) is 0 Å². The Kier molecular flexibility index (Phi) is 8.71. The lowest BCUT2D eigenvalue weighted by Crippen LogP contribution is -1.97. The van der Waals surface area contributed by atoms with Crippen LogP contribution in [0, 0.1) is 7.14 Å². The van der Waals surface area contributed by atoms with Gasteiger partial charge in [-0.15, -0.1) is 0 Å². The minimum Gasteiger partial charge on any atom is -0.396 e. The van der Waals surface area contributed by atoms with Gasteiger partial charge in [0.15, 0.2) is 0 Å². The first kappa shape index (κ1) is 21.4. The van der Waals surface area contributed by atoms with Crippen molar-refractivity contribution in [3.63, 3.8) is 0 Å². The third-order valence-corrected chi connectivity index (χ3v) is 6.67. The van der Waals surface area contributed by atoms with Gasteiger partial charge in [0.25, 0.3) is 0 Å². The van der Waals surface area contributed by atoms with Gasteiger partial charge in [0.05, 0.1) is 0 Å². The van der Waals surface area contributed by atoms with Crippen LogP contribution in [0.2, 0.25) is 0 Å². The molecule has 0 saturated carbocycles. The summed E-state index contributed by atoms with van der Waals surface area (Å²) in [6.45, 7) is 1.46. The predicted molar refractivity (Wildman–Crippen MR) is 134 cm³/mol. The Morgan fingerprint density at radius 2 is 1.07 bits per heavy atom. The molecule has 3 aromatic rings. The van der Waals surface area contributed by atoms with Gasteiger partial charge < -0.3 is 9.67 Å². The fourth-order valence-corrected chi connectivity index (χ4v) is 4.89. The molecule has 0 aliphatic heterocycles. The molecule has 3 rings (SSSR count). The molecule has 4 heteroatoms. The summed E-state index contributed by atoms with van der Waals surface area (Å²) in [6.07, 6.45) is 11.4. The Labute approximate surface area is 190 Å². The van der Waals surface area contributed by atoms with Gasteiger partial charge in [-0.05, 0) is 94.4 Å². The number of rotatable bonds is 11. The molecule has 2 aromatic carbocycles. The first-order valence-corrected chi connectivity index (χ1v) is 12.3. The summed E-state index contributed by atoms with van der Waals surface area (Å²) in [5.74, 6) is 0. The molecule has 0 saturated heterocycles. The Morgan fingerprint density at radius 1 is 0.630 bits per heavy atom. The smallest absolute Gasteiger partial charge is 0.0492 e. The summed E-state index contributed by atoms with van der Waals surface area (Å²) in [5, 5.41) is 11.6. The lowest BCUT2D eigenvalue weighted by Gasteiger charge is -2.08. The van der Waals surface area contributed by atoms with Crippen LogP contribution in [0.15, 0.2) is 36.4 Å². The number of unbranched alkanes of at least 4 members (excludes halogenated alkanes) is 8. The van der Waals surface area contributed by atoms with Gasteiger partial charge in [0.2, 0.25) is 0 Å². The van der Waals surface area contributed by atoms with Gasteiger partial charge in [0.1, 0.15) is 0 Å². The van der Waals surface area contributed by atoms with Gasteiger partial charge in [0, 0.05) is 42.1 Å². The quantitative estimate of drug-likeness (QED) is 0.182. The van der Waals surface area contributed by atoms with Crippen LogP contribution in [0.4, 0.5) is 0 Å². The highest BCUT2D eigenvalue weighted by atomic mass is 127. The van der Waals surface area contributed by atoms with Crippen LogP contribution in [0.25, 0.3) is 21.8 Å². The van der Waals surface area contributed by atoms with E-state index >= 15 is 0 Å². The van der Waals surface area contributed by atoms with Gasteiger partial charge in [-0.3, -0.25) is 0 Å². The topological polar surface area (TPSA) is 25.2 Å². The number of nitrogens with zero attached hydrogens (tertiary/aromatic N) is 1. The molecule has 0 aliphatic carbocycles. The zero-order valence-corrected chi connectivity index (χ0v) is 20.2. The fraction of sp³-hybridized carbons (Fsp3) is 0.478. The number of aryl methyl sites for hydroxylation is 1. The Hall–Kier alpha value is -0.340. The van der Waals surface area contributed by atoms with E-state index in [0.29, 0.717) is 6.61 Å². The second-order valence-corrected chi connectivity index (χ2v) is 9.87. The van der Waals surface area contributed by atoms with E-state index < -0.39 is 0 Å². The maximum atomic E-state index is 8.80. The molecule has 0 atom stereocenters. The Morgan fingerprint density at radius 3 is 1.56 bits per heavy atom. The predicted octanol–water partition coefficient (Wildman–Crippen LogP) is 7.51. The molecule has 0 unspecified atom stereocenters. The SMILES string of the molecule is OCCCCCCCCCCCn1c2ccc(I)cc2c2cc(I)ccc21. The molecule has 0 spiro atoms. The van der Waals surface area contributed by atoms with E-state index in [1.807, 2.05) is 0 Å². The maximum absolute atomic E-state index is 8.80. The van der Waals surface area contributed by atoms with Crippen molar-refractivity contribution >= 4 is 67.0 Å². The highest BCUT2D eigenvalue weighted by molar-refractivity contribution is 14.1. The molecule has 1 N–H and O–H groups in total. The number of aliphatic hydroxyl groups is 1. The summed E-state index contributed by atoms with van der Waals surface area (Å²) in [6, 6.07) is 13.7. The van der Waals surface area contributed by atoms with E-state index in [4.69, 9.17) is 5.11 Å². The van der Waals surface area contributed by atoms with Crippen LogP contribution >= 0.6 is 45.2 Å². The van der Waals surface area contributed by atoms with Gasteiger partial charge in [-0.2, -0.15) is 0 Å². The van der Waals surface area contributed by atoms with Gasteiger partial charge in [-0.1, -0.05) is 44.9 Å². The first-order valence-electron chi connectivity index (χ1n) is 10.2. The lowest BCUT2D eigenvalue weighted by atomic mass is 10.1. The third kappa shape index (κ3) is 5.82. The van der Waals surface area contributed by atoms with E-state index in [9.17, 15) is 0 Å². The monoisotopic (exact) mass is 589 g/mol. The van der Waals surface area contributed by atoms with E-state index in [1.165, 1.54) is 80.3 Å². The Bertz CT molecular complexity index is 812. The van der Waals surface area contributed by atoms with E-state index in [0.717, 1.165) is 13.0 Å². The molecule has 1 heterocycles. The van der Waals surface area contributed by atoms with Crippen LogP contribution < -0.4 is 0 Å². The number of hydrogen-bond acceptors (Lipinski definition) is 1. The van der Waals surface area contributed by atoms with E-state index in [2.05, 4.69) is 86.1 Å². The van der Waals surface area contributed by atoms with Crippen LogP contribution in [0.1, 0.15) is 57.8 Å². The molecular formula is C23H29I2NO. The normalized spacial score (nSPS) is 11.7. The summed E-state index contributed by atoms with van der Waals surface area (Å²) in [5.41, 5.74) is 2.74. The summed E-state index contributed by atoms with van der Waals surface area (Å²) in [4.78, 5) is 0. The van der Waals surface area contributed by atoms with Crippen molar-refractivity contribution in [2.45, 2.75) is 64.3 Å². The van der Waals surface area contributed by atoms with Crippen LogP contribution in [-0.4, -0.2) is 16.3 Å². The number of aliphatic hydroxyl groups excluding tert-OH is 1. The van der Waals surface area contributed by atoms with Crippen LogP contribution in [0.5, 0.6) is 0 Å². The summed E-state index contributed by atoms with van der Waals surface area (Å²) >= 11 is 4.83. The molecule has 27 heavy (non-hydrogen) atoms. The van der Waals surface area contributed by atoms with Crippen molar-refractivity contribution in [3.05, 3.63) is 43.5 Å². The summed E-state index contributed by atoms with van der Waals surface area (Å²) in [7, 11) is 0. The molecule has 0 bridgehead atoms. The molecule has 0 radical (unpaired) electrons. The molecule has 146 valence electrons. The number of aromatic nitrogens is 1. The van der Waals surface area contributed by atoms with Gasteiger partial charge >= 0.3 is 0 Å². The zero-order chi connectivity index (χ0) is 19.1. The molecule has 0 aliphatic rings. The van der Waals surface area contributed by atoms with E-state index in [-0.39, 0.29) is 0 Å². The standard InChI is InChI=1S/C23H29I2NO/c24-18-10-12-22-20(16-18)21-17-19(25)11-13-23(21)26(22)14-8-6-4-2-1-3-5-7-9-15-27/h10-13,16-17,27H,1-9,14-15H2. The van der Waals surface area contributed by atoms with Crippen molar-refractivity contribution in [3.8, 4) is 0 Å². The average molecular weight is 589 g/mol.